The van der Waals surface area contributed by atoms with Crippen molar-refractivity contribution < 1.29 is 5.11 Å². The van der Waals surface area contributed by atoms with Crippen LogP contribution in [0.25, 0.3) is 0 Å². The largest absolute Gasteiger partial charge is 0.395 e. The second kappa shape index (κ2) is 8.31. The van der Waals surface area contributed by atoms with Gasteiger partial charge < -0.3 is 5.11 Å². The molecule has 0 aliphatic heterocycles. The van der Waals surface area contributed by atoms with E-state index in [4.69, 9.17) is 5.11 Å². The van der Waals surface area contributed by atoms with E-state index in [-0.39, 0.29) is 6.61 Å². The molecule has 1 N–H and O–H groups in total. The summed E-state index contributed by atoms with van der Waals surface area (Å²) >= 11 is 0. The van der Waals surface area contributed by atoms with Crippen LogP contribution < -0.4 is 0 Å². The highest BCUT2D eigenvalue weighted by Crippen LogP contribution is 2.31. The highest BCUT2D eigenvalue weighted by Gasteiger charge is 1.93. The molecule has 0 aliphatic rings. The fourth-order valence-electron chi connectivity index (χ4n) is 0.673. The monoisotopic (exact) mass is 222 g/mol. The first-order chi connectivity index (χ1) is 7.06. The second-order valence-electron chi connectivity index (χ2n) is 3.65. The minimum absolute atomic E-state index is 0.125. The zero-order chi connectivity index (χ0) is 11.6. The molecule has 82 valence electrons. The lowest BCUT2D eigenvalue weighted by Crippen LogP contribution is -1.84. The van der Waals surface area contributed by atoms with Gasteiger partial charge in [0.05, 0.1) is 19.4 Å². The molecule has 0 aromatic carbocycles. The van der Waals surface area contributed by atoms with Crippen LogP contribution in [-0.2, 0) is 0 Å². The average molecular weight is 222 g/mol. The summed E-state index contributed by atoms with van der Waals surface area (Å²) in [5, 5.41) is 11.7. The smallest absolute Gasteiger partial charge is 0.0711 e. The highest BCUT2D eigenvalue weighted by molar-refractivity contribution is 8.35. The molecule has 0 fully saturated rings. The minimum atomic E-state index is -0.714. The lowest BCUT2D eigenvalue weighted by atomic mass is 10.3. The highest BCUT2D eigenvalue weighted by atomic mass is 32.3. The molecule has 0 saturated carbocycles. The van der Waals surface area contributed by atoms with E-state index >= 15 is 0 Å². The molecular weight excluding hydrogens is 204 g/mol. The van der Waals surface area contributed by atoms with Crippen molar-refractivity contribution in [1.29, 1.82) is 0 Å². The minimum Gasteiger partial charge on any atom is -0.395 e. The first-order valence-electron chi connectivity index (χ1n) is 4.76. The molecule has 0 atom stereocenters. The van der Waals surface area contributed by atoms with Crippen LogP contribution in [0.15, 0.2) is 0 Å². The Hall–Kier alpha value is -1.01. The van der Waals surface area contributed by atoms with Gasteiger partial charge in [-0.25, -0.2) is 0 Å². The molecule has 0 bridgehead atoms. The van der Waals surface area contributed by atoms with Gasteiger partial charge >= 0.3 is 0 Å². The van der Waals surface area contributed by atoms with Crippen LogP contribution in [0.5, 0.6) is 0 Å². The van der Waals surface area contributed by atoms with Gasteiger partial charge in [-0.05, 0) is 18.8 Å². The van der Waals surface area contributed by atoms with Gasteiger partial charge in [-0.3, -0.25) is 0 Å². The Morgan fingerprint density at radius 3 is 1.93 bits per heavy atom. The Morgan fingerprint density at radius 2 is 1.40 bits per heavy atom. The third-order valence-electron chi connectivity index (χ3n) is 1.22. The van der Waals surface area contributed by atoms with Crippen LogP contribution in [-0.4, -0.2) is 30.5 Å². The van der Waals surface area contributed by atoms with Crippen molar-refractivity contribution in [3.63, 3.8) is 0 Å². The maximum Gasteiger partial charge on any atom is 0.0711 e. The fraction of sp³-hybridized carbons (Fsp3) is 0.538. The predicted octanol–water partition coefficient (Wildman–Crippen LogP) is 1.81. The first-order valence-corrected chi connectivity index (χ1v) is 7.62. The van der Waals surface area contributed by atoms with Gasteiger partial charge in [0.25, 0.3) is 0 Å². The molecule has 0 rings (SSSR count). The van der Waals surface area contributed by atoms with Crippen molar-refractivity contribution in [1.82, 2.24) is 0 Å². The molecule has 0 radical (unpaired) electrons. The Labute approximate surface area is 95.0 Å². The van der Waals surface area contributed by atoms with Crippen LogP contribution in [0.1, 0.15) is 19.3 Å². The Morgan fingerprint density at radius 1 is 0.867 bits per heavy atom. The van der Waals surface area contributed by atoms with Crippen LogP contribution in [0.4, 0.5) is 0 Å². The molecule has 0 saturated heterocycles. The van der Waals surface area contributed by atoms with Gasteiger partial charge in [-0.15, -0.1) is 0 Å². The van der Waals surface area contributed by atoms with Crippen LogP contribution >= 0.6 is 10.0 Å². The zero-order valence-corrected chi connectivity index (χ0v) is 10.5. The van der Waals surface area contributed by atoms with Gasteiger partial charge in [-0.2, -0.15) is 10.0 Å². The molecule has 0 aliphatic carbocycles. The van der Waals surface area contributed by atoms with Gasteiger partial charge in [-0.1, -0.05) is 34.9 Å². The van der Waals surface area contributed by atoms with E-state index in [1.807, 2.05) is 0 Å². The average Bonchev–Trinajstić information content (AvgIpc) is 2.14. The van der Waals surface area contributed by atoms with E-state index in [1.54, 1.807) is 0 Å². The molecular formula is C13H18OS. The van der Waals surface area contributed by atoms with Gasteiger partial charge in [0.15, 0.2) is 0 Å². The topological polar surface area (TPSA) is 20.2 Å². The molecule has 1 nitrogen and oxygen atoms in total. The Kier molecular flexibility index (Phi) is 7.75. The molecule has 2 heteroatoms. The maximum atomic E-state index is 8.46. The summed E-state index contributed by atoms with van der Waals surface area (Å²) in [5.41, 5.74) is 0. The molecule has 0 aromatic rings. The summed E-state index contributed by atoms with van der Waals surface area (Å²) in [6.07, 6.45) is 8.22. The number of rotatable bonds is 1. The SMILES string of the molecule is CS(C)(C)C#CCC#CCC#CCCO. The summed E-state index contributed by atoms with van der Waals surface area (Å²) in [7, 11) is -0.714. The lowest BCUT2D eigenvalue weighted by Gasteiger charge is -2.14. The van der Waals surface area contributed by atoms with Gasteiger partial charge in [0.2, 0.25) is 0 Å². The number of hydrogen-bond acceptors (Lipinski definition) is 1. The van der Waals surface area contributed by atoms with Gasteiger partial charge in [0.1, 0.15) is 0 Å². The van der Waals surface area contributed by atoms with E-state index in [0.29, 0.717) is 19.3 Å². The van der Waals surface area contributed by atoms with Crippen molar-refractivity contribution in [2.75, 3.05) is 25.4 Å². The summed E-state index contributed by atoms with van der Waals surface area (Å²) in [6, 6.07) is 0. The van der Waals surface area contributed by atoms with Crippen molar-refractivity contribution >= 4 is 10.0 Å². The van der Waals surface area contributed by atoms with Crippen molar-refractivity contribution in [3.8, 4) is 34.9 Å². The standard InChI is InChI=1S/C13H18OS/c1-15(2,3)13-11-9-7-5-4-6-8-10-12-14/h14H,4,9-10,12H2,1-3H3. The van der Waals surface area contributed by atoms with Crippen molar-refractivity contribution in [3.05, 3.63) is 0 Å². The van der Waals surface area contributed by atoms with Crippen LogP contribution in [0.2, 0.25) is 0 Å². The molecule has 0 heterocycles. The molecule has 0 aromatic heterocycles. The second-order valence-corrected chi connectivity index (χ2v) is 7.53. The summed E-state index contributed by atoms with van der Waals surface area (Å²) in [5.74, 6) is 14.6. The molecule has 0 amide bonds. The fourth-order valence-corrected chi connectivity index (χ4v) is 1.18. The van der Waals surface area contributed by atoms with Crippen LogP contribution in [0.3, 0.4) is 0 Å². The first kappa shape index (κ1) is 14.0. The Balaban J connectivity index is 3.73. The van der Waals surface area contributed by atoms with E-state index in [9.17, 15) is 0 Å². The van der Waals surface area contributed by atoms with Crippen molar-refractivity contribution in [2.45, 2.75) is 19.3 Å². The summed E-state index contributed by atoms with van der Waals surface area (Å²) < 4.78 is 0. The van der Waals surface area contributed by atoms with Gasteiger partial charge in [0, 0.05) is 6.42 Å². The molecule has 15 heavy (non-hydrogen) atoms. The number of aliphatic hydroxyl groups is 1. The predicted molar refractivity (Wildman–Crippen MR) is 69.6 cm³/mol. The third-order valence-corrected chi connectivity index (χ3v) is 1.98. The molecule has 0 unspecified atom stereocenters. The quantitative estimate of drug-likeness (QED) is 0.671. The maximum absolute atomic E-state index is 8.46. The number of hydrogen-bond donors (Lipinski definition) is 1. The normalized spacial score (nSPS) is 9.87. The van der Waals surface area contributed by atoms with E-state index in [1.165, 1.54) is 0 Å². The van der Waals surface area contributed by atoms with Crippen molar-refractivity contribution in [2.24, 2.45) is 0 Å². The zero-order valence-electron chi connectivity index (χ0n) is 9.68. The van der Waals surface area contributed by atoms with E-state index in [0.717, 1.165) is 0 Å². The lowest BCUT2D eigenvalue weighted by molar-refractivity contribution is 0.305. The van der Waals surface area contributed by atoms with E-state index < -0.39 is 10.0 Å². The van der Waals surface area contributed by atoms with Crippen LogP contribution in [0, 0.1) is 34.9 Å². The van der Waals surface area contributed by atoms with E-state index in [2.05, 4.69) is 53.6 Å². The third kappa shape index (κ3) is 13.0. The number of aliphatic hydroxyl groups excluding tert-OH is 1. The summed E-state index contributed by atoms with van der Waals surface area (Å²) in [6.45, 7) is 0.125. The Bertz CT molecular complexity index is 344. The molecule has 0 spiro atoms. The summed E-state index contributed by atoms with van der Waals surface area (Å²) in [4.78, 5) is 0.